The average molecular weight is 342 g/mol. The maximum Gasteiger partial charge on any atom is 0.0434 e. The van der Waals surface area contributed by atoms with Crippen molar-refractivity contribution in [1.29, 1.82) is 0 Å². The van der Waals surface area contributed by atoms with Crippen LogP contribution in [0.5, 0.6) is 0 Å². The minimum absolute atomic E-state index is 1.29. The van der Waals surface area contributed by atoms with Gasteiger partial charge < -0.3 is 0 Å². The zero-order valence-electron chi connectivity index (χ0n) is 12.9. The third-order valence-electron chi connectivity index (χ3n) is 4.45. The monoisotopic (exact) mass is 342 g/mol. The Kier molecular flexibility index (Phi) is 3.25. The molecule has 2 heterocycles. The fourth-order valence-electron chi connectivity index (χ4n) is 3.42. The Morgan fingerprint density at radius 2 is 0.875 bits per heavy atom. The van der Waals surface area contributed by atoms with Crippen molar-refractivity contribution in [3.63, 3.8) is 0 Å². The smallest absolute Gasteiger partial charge is 0.0434 e. The van der Waals surface area contributed by atoms with Gasteiger partial charge in [0.2, 0.25) is 0 Å². The fraction of sp³-hybridized carbons (Fsp3) is 0. The Hall–Kier alpha value is -2.42. The average Bonchev–Trinajstić information content (AvgIpc) is 3.30. The number of hydrogen-bond donors (Lipinski definition) is 0. The molecule has 2 heteroatoms. The maximum absolute atomic E-state index is 2.26. The molecule has 24 heavy (non-hydrogen) atoms. The first kappa shape index (κ1) is 14.0. The van der Waals surface area contributed by atoms with E-state index in [9.17, 15) is 0 Å². The van der Waals surface area contributed by atoms with E-state index in [1.54, 1.807) is 0 Å². The highest BCUT2D eigenvalue weighted by atomic mass is 32.1. The van der Waals surface area contributed by atoms with Gasteiger partial charge in [0, 0.05) is 31.3 Å². The van der Waals surface area contributed by atoms with Gasteiger partial charge >= 0.3 is 0 Å². The van der Waals surface area contributed by atoms with Crippen LogP contribution in [0.2, 0.25) is 0 Å². The molecule has 0 nitrogen and oxygen atoms in total. The number of rotatable bonds is 2. The molecule has 0 atom stereocenters. The van der Waals surface area contributed by atoms with E-state index in [0.29, 0.717) is 0 Å². The van der Waals surface area contributed by atoms with E-state index < -0.39 is 0 Å². The molecular formula is C22H14S2. The van der Waals surface area contributed by atoms with Crippen molar-refractivity contribution in [1.82, 2.24) is 0 Å². The molecule has 0 amide bonds. The first-order chi connectivity index (χ1) is 11.9. The molecule has 0 saturated heterocycles. The molecule has 0 aliphatic rings. The van der Waals surface area contributed by atoms with Crippen molar-refractivity contribution in [3.05, 3.63) is 83.6 Å². The summed E-state index contributed by atoms with van der Waals surface area (Å²) in [6.07, 6.45) is 0. The number of fused-ring (bicyclic) bond motifs is 3. The van der Waals surface area contributed by atoms with Crippen LogP contribution in [0.3, 0.4) is 0 Å². The first-order valence-corrected chi connectivity index (χ1v) is 9.70. The summed E-state index contributed by atoms with van der Waals surface area (Å²) >= 11 is 3.68. The minimum Gasteiger partial charge on any atom is -0.143 e. The Morgan fingerprint density at radius 1 is 0.458 bits per heavy atom. The van der Waals surface area contributed by atoms with E-state index in [1.165, 1.54) is 42.4 Å². The second-order valence-electron chi connectivity index (χ2n) is 5.81. The van der Waals surface area contributed by atoms with Crippen LogP contribution in [0.25, 0.3) is 42.4 Å². The standard InChI is InChI=1S/C22H14S2/c1-3-7-15(8-4-1)19-20(16-9-5-2-6-10-16)22-18(12-14-24-22)17-11-13-23-21(17)19/h1-14H. The summed E-state index contributed by atoms with van der Waals surface area (Å²) in [5.74, 6) is 0. The van der Waals surface area contributed by atoms with Crippen LogP contribution in [0.4, 0.5) is 0 Å². The van der Waals surface area contributed by atoms with Crippen molar-refractivity contribution in [2.45, 2.75) is 0 Å². The molecule has 0 N–H and O–H groups in total. The highest BCUT2D eigenvalue weighted by molar-refractivity contribution is 7.20. The van der Waals surface area contributed by atoms with Crippen LogP contribution in [-0.2, 0) is 0 Å². The van der Waals surface area contributed by atoms with Gasteiger partial charge in [0.25, 0.3) is 0 Å². The van der Waals surface area contributed by atoms with E-state index in [1.807, 2.05) is 22.7 Å². The fourth-order valence-corrected chi connectivity index (χ4v) is 5.38. The van der Waals surface area contributed by atoms with Crippen LogP contribution in [-0.4, -0.2) is 0 Å². The molecule has 2 aromatic heterocycles. The molecule has 0 unspecified atom stereocenters. The second-order valence-corrected chi connectivity index (χ2v) is 7.64. The Morgan fingerprint density at radius 3 is 1.29 bits per heavy atom. The number of hydrogen-bond acceptors (Lipinski definition) is 2. The lowest BCUT2D eigenvalue weighted by molar-refractivity contribution is 1.65. The zero-order chi connectivity index (χ0) is 15.9. The first-order valence-electron chi connectivity index (χ1n) is 7.95. The van der Waals surface area contributed by atoms with Gasteiger partial charge in [-0.2, -0.15) is 0 Å². The third kappa shape index (κ3) is 2.04. The van der Waals surface area contributed by atoms with Crippen LogP contribution in [0, 0.1) is 0 Å². The van der Waals surface area contributed by atoms with E-state index in [-0.39, 0.29) is 0 Å². The van der Waals surface area contributed by atoms with E-state index in [4.69, 9.17) is 0 Å². The summed E-state index contributed by atoms with van der Waals surface area (Å²) in [5.41, 5.74) is 5.31. The molecular weight excluding hydrogens is 328 g/mol. The lowest BCUT2D eigenvalue weighted by Gasteiger charge is -2.14. The Balaban J connectivity index is 2.02. The highest BCUT2D eigenvalue weighted by Crippen LogP contribution is 2.47. The molecule has 114 valence electrons. The van der Waals surface area contributed by atoms with Gasteiger partial charge in [-0.3, -0.25) is 0 Å². The number of benzene rings is 3. The van der Waals surface area contributed by atoms with Crippen molar-refractivity contribution < 1.29 is 0 Å². The lowest BCUT2D eigenvalue weighted by atomic mass is 9.92. The molecule has 5 rings (SSSR count). The van der Waals surface area contributed by atoms with Crippen molar-refractivity contribution >= 4 is 42.8 Å². The topological polar surface area (TPSA) is 0 Å². The predicted octanol–water partition coefficient (Wildman–Crippen LogP) is 7.45. The van der Waals surface area contributed by atoms with Crippen molar-refractivity contribution in [3.8, 4) is 22.3 Å². The molecule has 0 radical (unpaired) electrons. The molecule has 0 bridgehead atoms. The van der Waals surface area contributed by atoms with Gasteiger partial charge in [0.05, 0.1) is 0 Å². The molecule has 0 fully saturated rings. The molecule has 0 saturated carbocycles. The molecule has 5 aromatic rings. The van der Waals surface area contributed by atoms with E-state index in [0.717, 1.165) is 0 Å². The Labute approximate surface area is 148 Å². The molecule has 0 aliphatic carbocycles. The zero-order valence-corrected chi connectivity index (χ0v) is 14.5. The SMILES string of the molecule is c1ccc(-c2c(-c3ccccc3)c3sccc3c3ccsc23)cc1. The summed E-state index contributed by atoms with van der Waals surface area (Å²) in [7, 11) is 0. The summed E-state index contributed by atoms with van der Waals surface area (Å²) in [4.78, 5) is 0. The van der Waals surface area contributed by atoms with Crippen LogP contribution >= 0.6 is 22.7 Å². The maximum atomic E-state index is 2.26. The summed E-state index contributed by atoms with van der Waals surface area (Å²) < 4.78 is 2.76. The van der Waals surface area contributed by atoms with Gasteiger partial charge in [0.15, 0.2) is 0 Å². The third-order valence-corrected chi connectivity index (χ3v) is 6.31. The van der Waals surface area contributed by atoms with Crippen LogP contribution in [0.1, 0.15) is 0 Å². The molecule has 0 spiro atoms. The Bertz CT molecular complexity index is 1040. The molecule has 0 aliphatic heterocycles. The minimum atomic E-state index is 1.29. The summed E-state index contributed by atoms with van der Waals surface area (Å²) in [5, 5.41) is 7.16. The normalized spacial score (nSPS) is 11.3. The quantitative estimate of drug-likeness (QED) is 0.312. The van der Waals surface area contributed by atoms with Gasteiger partial charge in [-0.15, -0.1) is 22.7 Å². The summed E-state index contributed by atoms with van der Waals surface area (Å²) in [6.45, 7) is 0. The van der Waals surface area contributed by atoms with Crippen LogP contribution in [0.15, 0.2) is 83.6 Å². The van der Waals surface area contributed by atoms with Gasteiger partial charge in [-0.25, -0.2) is 0 Å². The van der Waals surface area contributed by atoms with Gasteiger partial charge in [0.1, 0.15) is 0 Å². The molecule has 3 aromatic carbocycles. The van der Waals surface area contributed by atoms with Crippen molar-refractivity contribution in [2.24, 2.45) is 0 Å². The highest BCUT2D eigenvalue weighted by Gasteiger charge is 2.18. The number of thiophene rings is 2. The van der Waals surface area contributed by atoms with Crippen LogP contribution < -0.4 is 0 Å². The predicted molar refractivity (Wildman–Crippen MR) is 108 cm³/mol. The van der Waals surface area contributed by atoms with E-state index >= 15 is 0 Å². The van der Waals surface area contributed by atoms with Gasteiger partial charge in [-0.05, 0) is 34.0 Å². The summed E-state index contributed by atoms with van der Waals surface area (Å²) in [6, 6.07) is 26.1. The van der Waals surface area contributed by atoms with Gasteiger partial charge in [-0.1, -0.05) is 60.7 Å². The lowest BCUT2D eigenvalue weighted by Crippen LogP contribution is -1.87. The second kappa shape index (κ2) is 5.59. The van der Waals surface area contributed by atoms with E-state index in [2.05, 4.69) is 83.6 Å². The van der Waals surface area contributed by atoms with Crippen molar-refractivity contribution in [2.75, 3.05) is 0 Å². The largest absolute Gasteiger partial charge is 0.143 e.